The summed E-state index contributed by atoms with van der Waals surface area (Å²) in [6.07, 6.45) is 3.02. The fourth-order valence-corrected chi connectivity index (χ4v) is 2.18. The monoisotopic (exact) mass is 332 g/mol. The molecule has 1 atom stereocenters. The van der Waals surface area contributed by atoms with Gasteiger partial charge in [0.25, 0.3) is 0 Å². The summed E-state index contributed by atoms with van der Waals surface area (Å²) in [6, 6.07) is 8.33. The third-order valence-corrected chi connectivity index (χ3v) is 3.19. The van der Waals surface area contributed by atoms with E-state index in [9.17, 15) is 4.79 Å². The van der Waals surface area contributed by atoms with Crippen molar-refractivity contribution in [3.05, 3.63) is 48.3 Å². The number of methoxy groups -OCH3 is 1. The number of anilines is 1. The van der Waals surface area contributed by atoms with Gasteiger partial charge >= 0.3 is 5.97 Å². The van der Waals surface area contributed by atoms with E-state index in [1.807, 2.05) is 6.07 Å². The highest BCUT2D eigenvalue weighted by molar-refractivity contribution is 7.80. The van der Waals surface area contributed by atoms with E-state index in [1.165, 1.54) is 0 Å². The Morgan fingerprint density at radius 2 is 2.09 bits per heavy atom. The topological polar surface area (TPSA) is 96.4 Å². The third-order valence-electron chi connectivity index (χ3n) is 2.97. The van der Waals surface area contributed by atoms with E-state index in [1.54, 1.807) is 43.8 Å². The minimum Gasteiger partial charge on any atom is -0.497 e. The molecule has 0 fully saturated rings. The first-order chi connectivity index (χ1) is 11.1. The fraction of sp³-hybridized carbons (Fsp3) is 0.200. The summed E-state index contributed by atoms with van der Waals surface area (Å²) >= 11 is 5.20. The molecule has 1 heterocycles. The Kier molecular flexibility index (Phi) is 5.81. The van der Waals surface area contributed by atoms with Crippen LogP contribution in [0.3, 0.4) is 0 Å². The van der Waals surface area contributed by atoms with Crippen LogP contribution in [0, 0.1) is 0 Å². The summed E-state index contributed by atoms with van der Waals surface area (Å²) in [5.74, 6) is 0.0405. The van der Waals surface area contributed by atoms with Crippen LogP contribution in [0.15, 0.2) is 42.7 Å². The van der Waals surface area contributed by atoms with Crippen LogP contribution in [0.5, 0.6) is 5.75 Å². The van der Waals surface area contributed by atoms with E-state index < -0.39 is 12.0 Å². The largest absolute Gasteiger partial charge is 0.497 e. The Labute approximate surface area is 138 Å². The van der Waals surface area contributed by atoms with Crippen LogP contribution in [-0.2, 0) is 4.79 Å². The second-order valence-electron chi connectivity index (χ2n) is 4.60. The molecule has 2 aromatic rings. The van der Waals surface area contributed by atoms with Crippen molar-refractivity contribution in [1.82, 2.24) is 15.3 Å². The van der Waals surface area contributed by atoms with Crippen LogP contribution in [0.1, 0.15) is 18.0 Å². The number of hydrogen-bond donors (Lipinski definition) is 3. The average Bonchev–Trinajstić information content (AvgIpc) is 2.54. The van der Waals surface area contributed by atoms with Crippen molar-refractivity contribution in [1.29, 1.82) is 0 Å². The lowest BCUT2D eigenvalue weighted by molar-refractivity contribution is -0.137. The standard InChI is InChI=1S/C15H16N4O3S/c1-22-11-5-2-4-10(8-11)12(9-13(20)21)18-15(23)19-14-16-6-3-7-17-14/h2-8,12H,9H2,1H3,(H,20,21)(H2,16,17,18,19,23)/t12-/m0/s1. The minimum atomic E-state index is -0.941. The van der Waals surface area contributed by atoms with Crippen LogP contribution in [0.25, 0.3) is 0 Å². The number of hydrogen-bond acceptors (Lipinski definition) is 5. The zero-order chi connectivity index (χ0) is 16.7. The Morgan fingerprint density at radius 3 is 2.74 bits per heavy atom. The van der Waals surface area contributed by atoms with Gasteiger partial charge in [0, 0.05) is 12.4 Å². The van der Waals surface area contributed by atoms with Gasteiger partial charge in [0.1, 0.15) is 5.75 Å². The normalized spacial score (nSPS) is 11.3. The van der Waals surface area contributed by atoms with E-state index >= 15 is 0 Å². The van der Waals surface area contributed by atoms with Crippen LogP contribution in [-0.4, -0.2) is 33.3 Å². The number of rotatable bonds is 6. The van der Waals surface area contributed by atoms with Crippen molar-refractivity contribution in [2.45, 2.75) is 12.5 Å². The zero-order valence-electron chi connectivity index (χ0n) is 12.4. The van der Waals surface area contributed by atoms with Gasteiger partial charge in [-0.2, -0.15) is 0 Å². The van der Waals surface area contributed by atoms with Gasteiger partial charge in [-0.15, -0.1) is 0 Å². The summed E-state index contributed by atoms with van der Waals surface area (Å²) in [7, 11) is 1.55. The highest BCUT2D eigenvalue weighted by Crippen LogP contribution is 2.22. The van der Waals surface area contributed by atoms with E-state index in [4.69, 9.17) is 22.1 Å². The first kappa shape index (κ1) is 16.6. The molecule has 2 rings (SSSR count). The molecule has 0 bridgehead atoms. The van der Waals surface area contributed by atoms with E-state index in [2.05, 4.69) is 20.6 Å². The number of thiocarbonyl (C=S) groups is 1. The molecule has 8 heteroatoms. The molecule has 23 heavy (non-hydrogen) atoms. The molecule has 0 unspecified atom stereocenters. The average molecular weight is 332 g/mol. The van der Waals surface area contributed by atoms with Gasteiger partial charge in [0.05, 0.1) is 19.6 Å². The summed E-state index contributed by atoms with van der Waals surface area (Å²) in [6.45, 7) is 0. The lowest BCUT2D eigenvalue weighted by Gasteiger charge is -2.20. The second kappa shape index (κ2) is 8.04. The quantitative estimate of drug-likeness (QED) is 0.691. The van der Waals surface area contributed by atoms with Gasteiger partial charge in [-0.05, 0) is 36.0 Å². The minimum absolute atomic E-state index is 0.134. The Bertz CT molecular complexity index is 681. The van der Waals surface area contributed by atoms with Crippen LogP contribution in [0.2, 0.25) is 0 Å². The molecule has 0 aliphatic heterocycles. The van der Waals surface area contributed by atoms with Gasteiger partial charge in [-0.25, -0.2) is 9.97 Å². The highest BCUT2D eigenvalue weighted by atomic mass is 32.1. The van der Waals surface area contributed by atoms with Gasteiger partial charge in [-0.1, -0.05) is 12.1 Å². The molecule has 0 spiro atoms. The van der Waals surface area contributed by atoms with Crippen molar-refractivity contribution in [2.75, 3.05) is 12.4 Å². The molecule has 0 saturated carbocycles. The molecule has 0 amide bonds. The predicted octanol–water partition coefficient (Wildman–Crippen LogP) is 1.99. The number of aromatic nitrogens is 2. The van der Waals surface area contributed by atoms with Crippen molar-refractivity contribution >= 4 is 29.2 Å². The fourth-order valence-electron chi connectivity index (χ4n) is 1.94. The van der Waals surface area contributed by atoms with Crippen molar-refractivity contribution in [3.63, 3.8) is 0 Å². The number of ether oxygens (including phenoxy) is 1. The lowest BCUT2D eigenvalue weighted by Crippen LogP contribution is -2.34. The molecule has 1 aromatic carbocycles. The molecular formula is C15H16N4O3S. The first-order valence-electron chi connectivity index (χ1n) is 6.79. The number of carbonyl (C=O) groups is 1. The zero-order valence-corrected chi connectivity index (χ0v) is 13.2. The van der Waals surface area contributed by atoms with Crippen molar-refractivity contribution < 1.29 is 14.6 Å². The SMILES string of the molecule is COc1cccc([C@H](CC(=O)O)NC(=S)Nc2ncccn2)c1. The lowest BCUT2D eigenvalue weighted by atomic mass is 10.0. The predicted molar refractivity (Wildman–Crippen MR) is 89.4 cm³/mol. The Balaban J connectivity index is 2.11. The van der Waals surface area contributed by atoms with Gasteiger partial charge in [0.2, 0.25) is 5.95 Å². The van der Waals surface area contributed by atoms with Crippen LogP contribution in [0.4, 0.5) is 5.95 Å². The summed E-state index contributed by atoms with van der Waals surface area (Å²) in [4.78, 5) is 19.1. The van der Waals surface area contributed by atoms with Crippen LogP contribution >= 0.6 is 12.2 Å². The number of nitrogens with one attached hydrogen (secondary N) is 2. The van der Waals surface area contributed by atoms with Crippen molar-refractivity contribution in [3.8, 4) is 5.75 Å². The maximum atomic E-state index is 11.1. The van der Waals surface area contributed by atoms with Crippen LogP contribution < -0.4 is 15.4 Å². The van der Waals surface area contributed by atoms with Gasteiger partial charge in [0.15, 0.2) is 5.11 Å². The first-order valence-corrected chi connectivity index (χ1v) is 7.19. The number of aliphatic carboxylic acids is 1. The molecule has 3 N–H and O–H groups in total. The smallest absolute Gasteiger partial charge is 0.305 e. The van der Waals surface area contributed by atoms with E-state index in [0.717, 1.165) is 5.56 Å². The maximum absolute atomic E-state index is 11.1. The molecule has 0 saturated heterocycles. The Hall–Kier alpha value is -2.74. The number of nitrogens with zero attached hydrogens (tertiary/aromatic N) is 2. The molecule has 0 aliphatic carbocycles. The van der Waals surface area contributed by atoms with Gasteiger partial charge in [-0.3, -0.25) is 4.79 Å². The number of benzene rings is 1. The molecule has 1 aromatic heterocycles. The highest BCUT2D eigenvalue weighted by Gasteiger charge is 2.17. The van der Waals surface area contributed by atoms with Gasteiger partial charge < -0.3 is 20.5 Å². The van der Waals surface area contributed by atoms with E-state index in [0.29, 0.717) is 11.7 Å². The summed E-state index contributed by atoms with van der Waals surface area (Å²) in [5.41, 5.74) is 0.755. The summed E-state index contributed by atoms with van der Waals surface area (Å²) in [5, 5.41) is 15.1. The number of carboxylic acid groups (broad SMARTS) is 1. The molecule has 120 valence electrons. The molecule has 0 aliphatic rings. The molecule has 7 nitrogen and oxygen atoms in total. The molecular weight excluding hydrogens is 316 g/mol. The van der Waals surface area contributed by atoms with Crippen molar-refractivity contribution in [2.24, 2.45) is 0 Å². The molecule has 0 radical (unpaired) electrons. The van der Waals surface area contributed by atoms with E-state index in [-0.39, 0.29) is 11.5 Å². The summed E-state index contributed by atoms with van der Waals surface area (Å²) < 4.78 is 5.17. The number of carboxylic acids is 1. The second-order valence-corrected chi connectivity index (χ2v) is 5.01. The maximum Gasteiger partial charge on any atom is 0.305 e. The third kappa shape index (κ3) is 5.19. The Morgan fingerprint density at radius 1 is 1.35 bits per heavy atom.